The van der Waals surface area contributed by atoms with E-state index in [1.807, 2.05) is 36.4 Å². The summed E-state index contributed by atoms with van der Waals surface area (Å²) in [4.78, 5) is 28.0. The topological polar surface area (TPSA) is 55.8 Å². The fourth-order valence-corrected chi connectivity index (χ4v) is 4.22. The molecule has 2 atom stereocenters. The molecule has 164 valence electrons. The van der Waals surface area contributed by atoms with Gasteiger partial charge in [0.1, 0.15) is 11.7 Å². The van der Waals surface area contributed by atoms with Gasteiger partial charge in [-0.15, -0.1) is 0 Å². The van der Waals surface area contributed by atoms with Crippen molar-refractivity contribution < 1.29 is 19.1 Å². The molecule has 2 unspecified atom stereocenters. The molecule has 31 heavy (non-hydrogen) atoms. The maximum absolute atomic E-state index is 13.1. The summed E-state index contributed by atoms with van der Waals surface area (Å²) in [6.45, 7) is 8.12. The molecule has 0 fully saturated rings. The van der Waals surface area contributed by atoms with Gasteiger partial charge in [0.15, 0.2) is 5.78 Å². The zero-order valence-electron chi connectivity index (χ0n) is 18.8. The number of hydrogen-bond donors (Lipinski definition) is 0. The molecule has 0 heterocycles. The van der Waals surface area contributed by atoms with Crippen LogP contribution in [0.4, 0.5) is 5.69 Å². The zero-order valence-corrected chi connectivity index (χ0v) is 18.8. The van der Waals surface area contributed by atoms with Crippen LogP contribution in [0.15, 0.2) is 54.6 Å². The van der Waals surface area contributed by atoms with E-state index in [4.69, 9.17) is 9.47 Å². The van der Waals surface area contributed by atoms with Crippen molar-refractivity contribution in [3.63, 3.8) is 0 Å². The van der Waals surface area contributed by atoms with Crippen molar-refractivity contribution in [3.05, 3.63) is 65.7 Å². The van der Waals surface area contributed by atoms with E-state index >= 15 is 0 Å². The highest BCUT2D eigenvalue weighted by Crippen LogP contribution is 2.41. The number of esters is 1. The highest BCUT2D eigenvalue weighted by Gasteiger charge is 2.39. The van der Waals surface area contributed by atoms with Crippen LogP contribution in [0.5, 0.6) is 5.75 Å². The third kappa shape index (κ3) is 4.98. The minimum Gasteiger partial charge on any atom is -0.497 e. The smallest absolute Gasteiger partial charge is 0.317 e. The monoisotopic (exact) mass is 421 g/mol. The number of methoxy groups -OCH3 is 1. The first-order valence-electron chi connectivity index (χ1n) is 10.9. The van der Waals surface area contributed by atoms with E-state index in [0.29, 0.717) is 6.42 Å². The lowest BCUT2D eigenvalue weighted by Crippen LogP contribution is -2.34. The molecule has 0 N–H and O–H groups in total. The van der Waals surface area contributed by atoms with Gasteiger partial charge in [0.05, 0.1) is 13.7 Å². The van der Waals surface area contributed by atoms with Crippen LogP contribution in [0.2, 0.25) is 0 Å². The van der Waals surface area contributed by atoms with Gasteiger partial charge in [0.2, 0.25) is 0 Å². The number of ketones is 1. The fourth-order valence-electron chi connectivity index (χ4n) is 4.22. The SMILES string of the molecule is CCOC(=O)C1C(=O)C=C(c2ccc(OC)cc2)CC1c1ccc(N(CC)CC)cc1. The maximum atomic E-state index is 13.1. The quantitative estimate of drug-likeness (QED) is 0.450. The highest BCUT2D eigenvalue weighted by atomic mass is 16.5. The van der Waals surface area contributed by atoms with Crippen LogP contribution >= 0.6 is 0 Å². The summed E-state index contributed by atoms with van der Waals surface area (Å²) < 4.78 is 10.5. The Morgan fingerprint density at radius 3 is 2.19 bits per heavy atom. The maximum Gasteiger partial charge on any atom is 0.317 e. The summed E-state index contributed by atoms with van der Waals surface area (Å²) in [5.41, 5.74) is 3.99. The summed E-state index contributed by atoms with van der Waals surface area (Å²) in [7, 11) is 1.63. The third-order valence-electron chi connectivity index (χ3n) is 5.92. The molecule has 5 heteroatoms. The van der Waals surface area contributed by atoms with Gasteiger partial charge < -0.3 is 14.4 Å². The Morgan fingerprint density at radius 2 is 1.65 bits per heavy atom. The van der Waals surface area contributed by atoms with Gasteiger partial charge >= 0.3 is 5.97 Å². The average Bonchev–Trinajstić information content (AvgIpc) is 2.80. The average molecular weight is 422 g/mol. The Hall–Kier alpha value is -3.08. The number of benzene rings is 2. The molecule has 1 aliphatic rings. The number of hydrogen-bond acceptors (Lipinski definition) is 5. The second-order valence-electron chi connectivity index (χ2n) is 7.60. The molecule has 0 spiro atoms. The minimum absolute atomic E-state index is 0.201. The lowest BCUT2D eigenvalue weighted by Gasteiger charge is -2.30. The molecule has 0 radical (unpaired) electrons. The Labute approximate surface area is 184 Å². The molecule has 0 saturated heterocycles. The molecule has 0 amide bonds. The van der Waals surface area contributed by atoms with Crippen molar-refractivity contribution in [1.29, 1.82) is 0 Å². The van der Waals surface area contributed by atoms with Crippen LogP contribution in [0.3, 0.4) is 0 Å². The van der Waals surface area contributed by atoms with E-state index in [-0.39, 0.29) is 18.3 Å². The fraction of sp³-hybridized carbons (Fsp3) is 0.385. The highest BCUT2D eigenvalue weighted by molar-refractivity contribution is 6.10. The second-order valence-corrected chi connectivity index (χ2v) is 7.60. The summed E-state index contributed by atoms with van der Waals surface area (Å²) in [6, 6.07) is 15.9. The van der Waals surface area contributed by atoms with Crippen molar-refractivity contribution in [2.75, 3.05) is 31.7 Å². The molecule has 2 aromatic carbocycles. The van der Waals surface area contributed by atoms with E-state index in [0.717, 1.165) is 41.2 Å². The Kier molecular flexibility index (Phi) is 7.50. The predicted molar refractivity (Wildman–Crippen MR) is 123 cm³/mol. The normalized spacial score (nSPS) is 18.3. The van der Waals surface area contributed by atoms with Crippen LogP contribution < -0.4 is 9.64 Å². The number of anilines is 1. The molecule has 0 aromatic heterocycles. The van der Waals surface area contributed by atoms with Crippen LogP contribution in [0.1, 0.15) is 44.2 Å². The first-order chi connectivity index (χ1) is 15.0. The molecule has 1 aliphatic carbocycles. The Bertz CT molecular complexity index is 927. The largest absolute Gasteiger partial charge is 0.497 e. The number of carbonyl (C=O) groups excluding carboxylic acids is 2. The van der Waals surface area contributed by atoms with E-state index in [1.54, 1.807) is 20.1 Å². The number of carbonyl (C=O) groups is 2. The Balaban J connectivity index is 1.96. The van der Waals surface area contributed by atoms with Gasteiger partial charge in [-0.3, -0.25) is 9.59 Å². The van der Waals surface area contributed by atoms with Crippen LogP contribution in [-0.4, -0.2) is 38.6 Å². The van der Waals surface area contributed by atoms with Crippen molar-refractivity contribution in [2.24, 2.45) is 5.92 Å². The Morgan fingerprint density at radius 1 is 1.00 bits per heavy atom. The first-order valence-corrected chi connectivity index (χ1v) is 10.9. The molecule has 5 nitrogen and oxygen atoms in total. The first kappa shape index (κ1) is 22.6. The van der Waals surface area contributed by atoms with Crippen molar-refractivity contribution >= 4 is 23.0 Å². The van der Waals surface area contributed by atoms with Crippen molar-refractivity contribution in [3.8, 4) is 5.75 Å². The molecule has 0 saturated carbocycles. The summed E-state index contributed by atoms with van der Waals surface area (Å²) >= 11 is 0. The van der Waals surface area contributed by atoms with Gasteiger partial charge in [-0.25, -0.2) is 0 Å². The van der Waals surface area contributed by atoms with Gasteiger partial charge in [-0.05, 0) is 74.2 Å². The van der Waals surface area contributed by atoms with Gasteiger partial charge in [-0.1, -0.05) is 24.3 Å². The number of rotatable bonds is 8. The molecular weight excluding hydrogens is 390 g/mol. The zero-order chi connectivity index (χ0) is 22.4. The van der Waals surface area contributed by atoms with E-state index in [2.05, 4.69) is 30.9 Å². The van der Waals surface area contributed by atoms with Crippen molar-refractivity contribution in [2.45, 2.75) is 33.1 Å². The summed E-state index contributed by atoms with van der Waals surface area (Å²) in [5.74, 6) is -0.969. The second kappa shape index (κ2) is 10.3. The third-order valence-corrected chi connectivity index (χ3v) is 5.92. The van der Waals surface area contributed by atoms with Gasteiger partial charge in [-0.2, -0.15) is 0 Å². The van der Waals surface area contributed by atoms with Crippen LogP contribution in [0, 0.1) is 5.92 Å². The van der Waals surface area contributed by atoms with E-state index in [1.165, 1.54) is 0 Å². The molecule has 2 aromatic rings. The molecule has 0 aliphatic heterocycles. The molecule has 3 rings (SSSR count). The molecule has 0 bridgehead atoms. The summed E-state index contributed by atoms with van der Waals surface area (Å²) in [6.07, 6.45) is 2.19. The minimum atomic E-state index is -0.818. The van der Waals surface area contributed by atoms with Gasteiger partial charge in [0, 0.05) is 24.7 Å². The summed E-state index contributed by atoms with van der Waals surface area (Å²) in [5, 5.41) is 0. The predicted octanol–water partition coefficient (Wildman–Crippen LogP) is 4.86. The number of nitrogens with zero attached hydrogens (tertiary/aromatic N) is 1. The lowest BCUT2D eigenvalue weighted by atomic mass is 9.73. The van der Waals surface area contributed by atoms with Crippen molar-refractivity contribution in [1.82, 2.24) is 0 Å². The van der Waals surface area contributed by atoms with Gasteiger partial charge in [0.25, 0.3) is 0 Å². The standard InChI is InChI=1S/C26H31NO4/c1-5-27(6-2)21-12-8-19(9-13-21)23-16-20(18-10-14-22(30-4)15-11-18)17-24(28)25(23)26(29)31-7-3/h8-15,17,23,25H,5-7,16H2,1-4H3. The van der Waals surface area contributed by atoms with E-state index in [9.17, 15) is 9.59 Å². The number of ether oxygens (including phenoxy) is 2. The molecular formula is C26H31NO4. The van der Waals surface area contributed by atoms with E-state index < -0.39 is 11.9 Å². The number of allylic oxidation sites excluding steroid dienone is 2. The van der Waals surface area contributed by atoms with Crippen LogP contribution in [-0.2, 0) is 14.3 Å². The lowest BCUT2D eigenvalue weighted by molar-refractivity contribution is -0.151. The van der Waals surface area contributed by atoms with Crippen LogP contribution in [0.25, 0.3) is 5.57 Å².